The molecule has 1 aliphatic rings. The fraction of sp³-hybridized carbons (Fsp3) is 0.0556. The number of H-pyrrole nitrogens is 1. The van der Waals surface area contributed by atoms with Crippen LogP contribution < -0.4 is 16.2 Å². The van der Waals surface area contributed by atoms with Gasteiger partial charge in [0, 0.05) is 16.1 Å². The number of nitrogens with one attached hydrogen (secondary N) is 3. The van der Waals surface area contributed by atoms with Gasteiger partial charge in [0.2, 0.25) is 5.91 Å². The summed E-state index contributed by atoms with van der Waals surface area (Å²) < 4.78 is 14.2. The molecule has 4 rings (SSSR count). The first-order valence-corrected chi connectivity index (χ1v) is 8.35. The normalized spacial score (nSPS) is 12.2. The number of aromatic amines is 1. The minimum atomic E-state index is -0.637. The van der Waals surface area contributed by atoms with Gasteiger partial charge >= 0.3 is 5.56 Å². The smallest absolute Gasteiger partial charge is 0.324 e. The Morgan fingerprint density at radius 3 is 2.82 bits per heavy atom. The zero-order valence-electron chi connectivity index (χ0n) is 14.0. The van der Waals surface area contributed by atoms with Crippen LogP contribution in [0, 0.1) is 12.4 Å². The lowest BCUT2D eigenvalue weighted by Crippen LogP contribution is -2.11. The molecule has 138 valence electrons. The topological polar surface area (TPSA) is 104 Å². The van der Waals surface area contributed by atoms with Gasteiger partial charge in [0.1, 0.15) is 23.8 Å². The Hall–Kier alpha value is -3.77. The number of nitrogens with zero attached hydrogens (tertiary/aromatic N) is 3. The van der Waals surface area contributed by atoms with E-state index < -0.39 is 11.4 Å². The molecule has 0 atom stereocenters. The van der Waals surface area contributed by atoms with Gasteiger partial charge in [-0.1, -0.05) is 18.2 Å². The predicted octanol–water partition coefficient (Wildman–Crippen LogP) is 3.41. The van der Waals surface area contributed by atoms with Crippen LogP contribution in [0.1, 0.15) is 5.56 Å². The number of amides is 1. The fourth-order valence-electron chi connectivity index (χ4n) is 2.87. The SMILES string of the molecule is [C-]#[N+]c1[nH]c(=O)c(-c2cc(Cl)ccc2F)cc1Nc1ncnc2c1CC(=O)N2. The summed E-state index contributed by atoms with van der Waals surface area (Å²) in [5.41, 5.74) is 0.0877. The Morgan fingerprint density at radius 1 is 1.21 bits per heavy atom. The van der Waals surface area contributed by atoms with Crippen molar-refractivity contribution in [1.82, 2.24) is 15.0 Å². The molecule has 3 N–H and O–H groups in total. The fourth-order valence-corrected chi connectivity index (χ4v) is 3.04. The number of carbonyl (C=O) groups is 1. The van der Waals surface area contributed by atoms with Gasteiger partial charge in [0.25, 0.3) is 5.82 Å². The van der Waals surface area contributed by atoms with Crippen molar-refractivity contribution in [3.05, 3.63) is 68.8 Å². The standard InChI is InChI=1S/C18H10ClFN6O2/c1-21-17-13(24-15-11-6-14(27)25-16(11)23-7-22-15)5-10(18(28)26-17)9-4-8(19)2-3-12(9)20/h2-5,7H,6H2,(H,26,28)(H2,22,23,24,25,27). The van der Waals surface area contributed by atoms with E-state index >= 15 is 0 Å². The van der Waals surface area contributed by atoms with E-state index in [4.69, 9.17) is 18.2 Å². The zero-order chi connectivity index (χ0) is 19.8. The number of carbonyl (C=O) groups excluding carboxylic acids is 1. The molecule has 28 heavy (non-hydrogen) atoms. The van der Waals surface area contributed by atoms with Gasteiger partial charge in [0.15, 0.2) is 0 Å². The number of halogens is 2. The quantitative estimate of drug-likeness (QED) is 0.588. The molecule has 3 heterocycles. The van der Waals surface area contributed by atoms with Crippen molar-refractivity contribution in [2.24, 2.45) is 0 Å². The molecule has 0 radical (unpaired) electrons. The second-order valence-corrected chi connectivity index (χ2v) is 6.35. The summed E-state index contributed by atoms with van der Waals surface area (Å²) in [4.78, 5) is 37.8. The maximum Gasteiger partial charge on any atom is 0.324 e. The first kappa shape index (κ1) is 17.6. The van der Waals surface area contributed by atoms with E-state index in [9.17, 15) is 14.0 Å². The molecule has 8 nitrogen and oxygen atoms in total. The number of pyridine rings is 1. The molecule has 2 aromatic heterocycles. The van der Waals surface area contributed by atoms with Crippen LogP contribution in [0.2, 0.25) is 5.02 Å². The van der Waals surface area contributed by atoms with Crippen LogP contribution in [-0.2, 0) is 11.2 Å². The highest BCUT2D eigenvalue weighted by Crippen LogP contribution is 2.33. The molecule has 0 saturated heterocycles. The minimum Gasteiger partial charge on any atom is -0.362 e. The van der Waals surface area contributed by atoms with Gasteiger partial charge in [-0.2, -0.15) is 0 Å². The highest BCUT2D eigenvalue weighted by Gasteiger charge is 2.24. The Bertz CT molecular complexity index is 1230. The van der Waals surface area contributed by atoms with Crippen molar-refractivity contribution in [2.75, 3.05) is 10.6 Å². The number of hydrogen-bond donors (Lipinski definition) is 3. The zero-order valence-corrected chi connectivity index (χ0v) is 14.8. The molecule has 0 bridgehead atoms. The van der Waals surface area contributed by atoms with E-state index in [0.717, 1.165) is 6.07 Å². The van der Waals surface area contributed by atoms with Crippen LogP contribution in [-0.4, -0.2) is 20.9 Å². The van der Waals surface area contributed by atoms with Gasteiger partial charge in [-0.3, -0.25) is 9.78 Å². The van der Waals surface area contributed by atoms with Crippen LogP contribution in [0.4, 0.5) is 27.5 Å². The average molecular weight is 397 g/mol. The summed E-state index contributed by atoms with van der Waals surface area (Å²) in [6.45, 7) is 7.30. The summed E-state index contributed by atoms with van der Waals surface area (Å²) in [5, 5.41) is 5.79. The third-order valence-electron chi connectivity index (χ3n) is 4.14. The Labute approximate surface area is 162 Å². The molecular formula is C18H10ClFN6O2. The van der Waals surface area contributed by atoms with Gasteiger partial charge in [-0.05, 0) is 24.3 Å². The molecule has 1 aliphatic heterocycles. The number of aromatic nitrogens is 3. The minimum absolute atomic E-state index is 0.00177. The van der Waals surface area contributed by atoms with Crippen molar-refractivity contribution in [1.29, 1.82) is 0 Å². The Morgan fingerprint density at radius 2 is 2.04 bits per heavy atom. The van der Waals surface area contributed by atoms with Crippen molar-refractivity contribution in [2.45, 2.75) is 6.42 Å². The largest absolute Gasteiger partial charge is 0.362 e. The molecule has 0 saturated carbocycles. The van der Waals surface area contributed by atoms with Gasteiger partial charge in [-0.25, -0.2) is 19.2 Å². The number of benzene rings is 1. The first-order valence-electron chi connectivity index (χ1n) is 7.97. The predicted molar refractivity (Wildman–Crippen MR) is 101 cm³/mol. The second-order valence-electron chi connectivity index (χ2n) is 5.91. The number of rotatable bonds is 3. The number of hydrogen-bond acceptors (Lipinski definition) is 5. The van der Waals surface area contributed by atoms with E-state index in [2.05, 4.69) is 30.4 Å². The maximum atomic E-state index is 14.2. The van der Waals surface area contributed by atoms with E-state index in [1.54, 1.807) is 0 Å². The van der Waals surface area contributed by atoms with Crippen LogP contribution in [0.3, 0.4) is 0 Å². The maximum absolute atomic E-state index is 14.2. The molecular weight excluding hydrogens is 387 g/mol. The van der Waals surface area contributed by atoms with Crippen molar-refractivity contribution in [3.8, 4) is 11.1 Å². The van der Waals surface area contributed by atoms with Gasteiger partial charge in [0.05, 0.1) is 17.7 Å². The molecule has 0 unspecified atom stereocenters. The summed E-state index contributed by atoms with van der Waals surface area (Å²) >= 11 is 5.93. The Kier molecular flexibility index (Phi) is 4.25. The molecule has 0 spiro atoms. The molecule has 0 fully saturated rings. The van der Waals surface area contributed by atoms with Crippen LogP contribution in [0.5, 0.6) is 0 Å². The number of fused-ring (bicyclic) bond motifs is 1. The van der Waals surface area contributed by atoms with Gasteiger partial charge in [-0.15, -0.1) is 0 Å². The van der Waals surface area contributed by atoms with Crippen LogP contribution in [0.25, 0.3) is 16.0 Å². The second kappa shape index (κ2) is 6.75. The summed E-state index contributed by atoms with van der Waals surface area (Å²) in [6, 6.07) is 5.20. The lowest BCUT2D eigenvalue weighted by molar-refractivity contribution is -0.115. The number of anilines is 3. The lowest BCUT2D eigenvalue weighted by atomic mass is 10.1. The van der Waals surface area contributed by atoms with E-state index in [1.807, 2.05) is 0 Å². The monoisotopic (exact) mass is 396 g/mol. The Balaban J connectivity index is 1.84. The van der Waals surface area contributed by atoms with E-state index in [1.165, 1.54) is 24.5 Å². The van der Waals surface area contributed by atoms with E-state index in [0.29, 0.717) is 17.2 Å². The summed E-state index contributed by atoms with van der Waals surface area (Å²) in [6.07, 6.45) is 1.33. The van der Waals surface area contributed by atoms with Gasteiger partial charge < -0.3 is 15.5 Å². The molecule has 1 amide bonds. The van der Waals surface area contributed by atoms with Crippen molar-refractivity contribution in [3.63, 3.8) is 0 Å². The molecule has 3 aromatic rings. The third-order valence-corrected chi connectivity index (χ3v) is 4.38. The average Bonchev–Trinajstić information content (AvgIpc) is 3.06. The van der Waals surface area contributed by atoms with Crippen molar-refractivity contribution >= 4 is 40.6 Å². The van der Waals surface area contributed by atoms with E-state index in [-0.39, 0.29) is 40.0 Å². The first-order chi connectivity index (χ1) is 13.5. The lowest BCUT2D eigenvalue weighted by Gasteiger charge is -2.12. The molecule has 10 heteroatoms. The molecule has 1 aromatic carbocycles. The third kappa shape index (κ3) is 3.06. The van der Waals surface area contributed by atoms with Crippen LogP contribution >= 0.6 is 11.6 Å². The van der Waals surface area contributed by atoms with Crippen molar-refractivity contribution < 1.29 is 9.18 Å². The van der Waals surface area contributed by atoms with Crippen LogP contribution in [0.15, 0.2) is 35.4 Å². The highest BCUT2D eigenvalue weighted by molar-refractivity contribution is 6.30. The summed E-state index contributed by atoms with van der Waals surface area (Å²) in [5.74, 6) is -0.266. The molecule has 0 aliphatic carbocycles. The highest BCUT2D eigenvalue weighted by atomic mass is 35.5. The summed E-state index contributed by atoms with van der Waals surface area (Å²) in [7, 11) is 0.